The van der Waals surface area contributed by atoms with E-state index >= 15 is 0 Å². The van der Waals surface area contributed by atoms with Gasteiger partial charge in [0.2, 0.25) is 11.8 Å². The first-order valence-electron chi connectivity index (χ1n) is 14.7. The van der Waals surface area contributed by atoms with Crippen molar-refractivity contribution in [3.05, 3.63) is 129 Å². The Kier molecular flexibility index (Phi) is 11.8. The van der Waals surface area contributed by atoms with Gasteiger partial charge in [0.25, 0.3) is 10.0 Å². The van der Waals surface area contributed by atoms with Gasteiger partial charge >= 0.3 is 0 Å². The second-order valence-corrected chi connectivity index (χ2v) is 14.1. The zero-order chi connectivity index (χ0) is 32.6. The molecule has 1 atom stereocenters. The van der Waals surface area contributed by atoms with Gasteiger partial charge in [-0.25, -0.2) is 8.42 Å². The molecule has 0 unspecified atom stereocenters. The van der Waals surface area contributed by atoms with Gasteiger partial charge in [0.15, 0.2) is 0 Å². The third kappa shape index (κ3) is 8.96. The van der Waals surface area contributed by atoms with E-state index in [1.54, 1.807) is 12.1 Å². The van der Waals surface area contributed by atoms with E-state index < -0.39 is 28.5 Å². The predicted molar refractivity (Wildman–Crippen MR) is 184 cm³/mol. The smallest absolute Gasteiger partial charge is 0.264 e. The van der Waals surface area contributed by atoms with Crippen LogP contribution in [0.4, 0.5) is 5.69 Å². The van der Waals surface area contributed by atoms with Gasteiger partial charge in [-0.05, 0) is 91.1 Å². The van der Waals surface area contributed by atoms with Crippen molar-refractivity contribution in [3.8, 4) is 0 Å². The SMILES string of the molecule is CCCNC(=O)[C@@H](Cc1ccccc1)N(Cc1ccc(Br)cc1)C(=O)CN(c1ccc(C)c(C)c1)S(=O)(=O)c1ccc(Cl)cc1. The van der Waals surface area contributed by atoms with E-state index in [1.807, 2.05) is 81.4 Å². The normalized spacial score (nSPS) is 11.9. The van der Waals surface area contributed by atoms with Gasteiger partial charge in [0.1, 0.15) is 12.6 Å². The maximum atomic E-state index is 14.5. The van der Waals surface area contributed by atoms with E-state index in [1.165, 1.54) is 29.2 Å². The molecule has 0 aliphatic carbocycles. The number of rotatable bonds is 13. The number of anilines is 1. The number of sulfonamides is 1. The third-order valence-electron chi connectivity index (χ3n) is 7.55. The Balaban J connectivity index is 1.81. The topological polar surface area (TPSA) is 86.8 Å². The Bertz CT molecular complexity index is 1720. The van der Waals surface area contributed by atoms with Crippen molar-refractivity contribution in [2.45, 2.75) is 51.1 Å². The molecule has 2 amide bonds. The number of benzene rings is 4. The van der Waals surface area contributed by atoms with Crippen LogP contribution in [-0.2, 0) is 32.6 Å². The average molecular weight is 711 g/mol. The fourth-order valence-electron chi connectivity index (χ4n) is 4.85. The molecule has 0 aromatic heterocycles. The highest BCUT2D eigenvalue weighted by Crippen LogP contribution is 2.28. The highest BCUT2D eigenvalue weighted by atomic mass is 79.9. The molecule has 4 aromatic rings. The highest BCUT2D eigenvalue weighted by Gasteiger charge is 2.34. The predicted octanol–water partition coefficient (Wildman–Crippen LogP) is 7.08. The zero-order valence-electron chi connectivity index (χ0n) is 25.5. The van der Waals surface area contributed by atoms with Crippen LogP contribution >= 0.6 is 27.5 Å². The summed E-state index contributed by atoms with van der Waals surface area (Å²) in [6, 6.07) is 27.2. The first kappa shape index (κ1) is 34.2. The maximum absolute atomic E-state index is 14.5. The Morgan fingerprint density at radius 1 is 0.867 bits per heavy atom. The van der Waals surface area contributed by atoms with Gasteiger partial charge in [-0.1, -0.05) is 83.0 Å². The molecule has 0 spiro atoms. The molecule has 0 radical (unpaired) electrons. The van der Waals surface area contributed by atoms with E-state index in [0.29, 0.717) is 17.3 Å². The second-order valence-electron chi connectivity index (χ2n) is 10.9. The van der Waals surface area contributed by atoms with Crippen molar-refractivity contribution in [3.63, 3.8) is 0 Å². The van der Waals surface area contributed by atoms with Crippen molar-refractivity contribution in [2.24, 2.45) is 0 Å². The fourth-order valence-corrected chi connectivity index (χ4v) is 6.65. The summed E-state index contributed by atoms with van der Waals surface area (Å²) in [6.45, 7) is 5.82. The van der Waals surface area contributed by atoms with Crippen LogP contribution in [0.2, 0.25) is 5.02 Å². The molecule has 0 aliphatic rings. The summed E-state index contributed by atoms with van der Waals surface area (Å²) in [5, 5.41) is 3.35. The van der Waals surface area contributed by atoms with Crippen molar-refractivity contribution >= 4 is 55.1 Å². The number of aryl methyl sites for hydroxylation is 2. The molecule has 1 N–H and O–H groups in total. The summed E-state index contributed by atoms with van der Waals surface area (Å²) in [5.74, 6) is -0.814. The van der Waals surface area contributed by atoms with Crippen molar-refractivity contribution in [2.75, 3.05) is 17.4 Å². The molecule has 7 nitrogen and oxygen atoms in total. The monoisotopic (exact) mass is 709 g/mol. The molecular weight excluding hydrogens is 674 g/mol. The molecule has 0 bridgehead atoms. The molecule has 10 heteroatoms. The number of hydrogen-bond donors (Lipinski definition) is 1. The van der Waals surface area contributed by atoms with Crippen molar-refractivity contribution in [1.29, 1.82) is 0 Å². The van der Waals surface area contributed by atoms with Crippen LogP contribution in [0.25, 0.3) is 0 Å². The third-order valence-corrected chi connectivity index (χ3v) is 10.1. The summed E-state index contributed by atoms with van der Waals surface area (Å²) in [6.07, 6.45) is 0.983. The number of nitrogens with zero attached hydrogens (tertiary/aromatic N) is 2. The van der Waals surface area contributed by atoms with Crippen molar-refractivity contribution < 1.29 is 18.0 Å². The van der Waals surface area contributed by atoms with Gasteiger partial charge in [-0.2, -0.15) is 0 Å². The van der Waals surface area contributed by atoms with Gasteiger partial charge < -0.3 is 10.2 Å². The zero-order valence-corrected chi connectivity index (χ0v) is 28.7. The van der Waals surface area contributed by atoms with Crippen LogP contribution in [-0.4, -0.2) is 44.3 Å². The summed E-state index contributed by atoms with van der Waals surface area (Å²) in [7, 11) is -4.21. The van der Waals surface area contributed by atoms with Crippen molar-refractivity contribution in [1.82, 2.24) is 10.2 Å². The van der Waals surface area contributed by atoms with Crippen LogP contribution in [0.15, 0.2) is 106 Å². The standard InChI is InChI=1S/C35H37BrClN3O4S/c1-4-20-38-35(42)33(22-27-8-6-5-7-9-27)39(23-28-11-13-29(36)14-12-28)34(41)24-40(31-17-10-25(2)26(3)21-31)45(43,44)32-18-15-30(37)16-19-32/h5-19,21,33H,4,20,22-24H2,1-3H3,(H,38,42)/t33-/m1/s1. The second kappa shape index (κ2) is 15.6. The van der Waals surface area contributed by atoms with E-state index in [-0.39, 0.29) is 23.8 Å². The maximum Gasteiger partial charge on any atom is 0.264 e. The van der Waals surface area contributed by atoms with E-state index in [0.717, 1.165) is 37.5 Å². The largest absolute Gasteiger partial charge is 0.354 e. The minimum Gasteiger partial charge on any atom is -0.354 e. The fraction of sp³-hybridized carbons (Fsp3) is 0.257. The van der Waals surface area contributed by atoms with Gasteiger partial charge in [0.05, 0.1) is 10.6 Å². The quantitative estimate of drug-likeness (QED) is 0.161. The number of carbonyl (C=O) groups is 2. The molecule has 0 heterocycles. The van der Waals surface area contributed by atoms with Crippen LogP contribution in [0.5, 0.6) is 0 Å². The number of hydrogen-bond acceptors (Lipinski definition) is 4. The van der Waals surface area contributed by atoms with Crippen LogP contribution in [0.1, 0.15) is 35.6 Å². The van der Waals surface area contributed by atoms with Gasteiger partial charge in [-0.3, -0.25) is 13.9 Å². The lowest BCUT2D eigenvalue weighted by Gasteiger charge is -2.34. The lowest BCUT2D eigenvalue weighted by molar-refractivity contribution is -0.140. The summed E-state index contributed by atoms with van der Waals surface area (Å²) in [5.41, 5.74) is 3.89. The number of amides is 2. The number of nitrogens with one attached hydrogen (secondary N) is 1. The molecular formula is C35H37BrClN3O4S. The molecule has 236 valence electrons. The minimum atomic E-state index is -4.21. The Morgan fingerprint density at radius 2 is 1.53 bits per heavy atom. The first-order valence-corrected chi connectivity index (χ1v) is 17.3. The number of carbonyl (C=O) groups excluding carboxylic acids is 2. The van der Waals surface area contributed by atoms with E-state index in [2.05, 4.69) is 21.2 Å². The molecule has 4 aromatic carbocycles. The molecule has 0 aliphatic heterocycles. The Labute approximate surface area is 279 Å². The molecule has 4 rings (SSSR count). The van der Waals surface area contributed by atoms with E-state index in [9.17, 15) is 18.0 Å². The molecule has 0 fully saturated rings. The van der Waals surface area contributed by atoms with E-state index in [4.69, 9.17) is 11.6 Å². The molecule has 0 saturated heterocycles. The first-order chi connectivity index (χ1) is 21.5. The molecule has 0 saturated carbocycles. The Morgan fingerprint density at radius 3 is 2.16 bits per heavy atom. The van der Waals surface area contributed by atoms with Crippen LogP contribution in [0.3, 0.4) is 0 Å². The summed E-state index contributed by atoms with van der Waals surface area (Å²) < 4.78 is 30.3. The minimum absolute atomic E-state index is 0.00101. The lowest BCUT2D eigenvalue weighted by Crippen LogP contribution is -2.53. The highest BCUT2D eigenvalue weighted by molar-refractivity contribution is 9.10. The van der Waals surface area contributed by atoms with Gasteiger partial charge in [-0.15, -0.1) is 0 Å². The summed E-state index contributed by atoms with van der Waals surface area (Å²) in [4.78, 5) is 29.7. The summed E-state index contributed by atoms with van der Waals surface area (Å²) >= 11 is 9.52. The van der Waals surface area contributed by atoms with Gasteiger partial charge in [0, 0.05) is 29.0 Å². The van der Waals surface area contributed by atoms with Crippen LogP contribution < -0.4 is 9.62 Å². The lowest BCUT2D eigenvalue weighted by atomic mass is 10.0. The number of halogens is 2. The van der Waals surface area contributed by atoms with Crippen LogP contribution in [0, 0.1) is 13.8 Å². The average Bonchev–Trinajstić information content (AvgIpc) is 3.03. The molecule has 45 heavy (non-hydrogen) atoms. The Hall–Kier alpha value is -3.66.